The summed E-state index contributed by atoms with van der Waals surface area (Å²) >= 11 is 0. The van der Waals surface area contributed by atoms with Gasteiger partial charge < -0.3 is 4.53 Å². The van der Waals surface area contributed by atoms with Crippen LogP contribution in [0.15, 0.2) is 60.7 Å². The van der Waals surface area contributed by atoms with E-state index in [4.69, 9.17) is 4.53 Å². The Morgan fingerprint density at radius 1 is 0.920 bits per heavy atom. The average Bonchev–Trinajstić information content (AvgIpc) is 2.53. The van der Waals surface area contributed by atoms with E-state index in [1.807, 2.05) is 50.0 Å². The van der Waals surface area contributed by atoms with Gasteiger partial charge in [-0.1, -0.05) is 48.5 Å². The fraction of sp³-hybridized carbons (Fsp3) is 0.368. The third kappa shape index (κ3) is 6.21. The van der Waals surface area contributed by atoms with E-state index < -0.39 is 20.5 Å². The molecule has 1 atom stereocenters. The van der Waals surface area contributed by atoms with Crippen molar-refractivity contribution in [3.8, 4) is 0 Å². The van der Waals surface area contributed by atoms with Crippen LogP contribution in [-0.2, 0) is 10.9 Å². The van der Waals surface area contributed by atoms with Gasteiger partial charge in [0.05, 0.1) is 5.69 Å². The number of anilines is 1. The zero-order valence-electron chi connectivity index (χ0n) is 14.8. The van der Waals surface area contributed by atoms with Crippen LogP contribution >= 0.6 is 0 Å². The summed E-state index contributed by atoms with van der Waals surface area (Å²) in [6.07, 6.45) is -4.11. The molecule has 0 aromatic heterocycles. The summed E-state index contributed by atoms with van der Waals surface area (Å²) in [4.78, 5) is 0. The zero-order chi connectivity index (χ0) is 18.5. The van der Waals surface area contributed by atoms with E-state index in [1.165, 1.54) is 0 Å². The first-order chi connectivity index (χ1) is 11.7. The van der Waals surface area contributed by atoms with Crippen molar-refractivity contribution in [2.45, 2.75) is 44.7 Å². The van der Waals surface area contributed by atoms with Gasteiger partial charge >= 0.3 is 6.18 Å². The molecule has 0 heterocycles. The number of benzene rings is 2. The molecule has 2 nitrogen and oxygen atoms in total. The van der Waals surface area contributed by atoms with Crippen LogP contribution in [0.2, 0.25) is 19.6 Å². The smallest absolute Gasteiger partial charge is 0.320 e. The van der Waals surface area contributed by atoms with Crippen molar-refractivity contribution in [3.05, 3.63) is 66.2 Å². The maximum absolute atomic E-state index is 13.8. The summed E-state index contributed by atoms with van der Waals surface area (Å²) in [5, 5.41) is 1.08. The lowest BCUT2D eigenvalue weighted by Crippen LogP contribution is -2.50. The van der Waals surface area contributed by atoms with Crippen LogP contribution in [0.25, 0.3) is 0 Å². The molecule has 2 rings (SSSR count). The normalized spacial score (nSPS) is 13.5. The fourth-order valence-corrected chi connectivity index (χ4v) is 3.35. The molecule has 0 aliphatic rings. The van der Waals surface area contributed by atoms with Crippen LogP contribution in [0, 0.1) is 0 Å². The number of nitrogens with zero attached hydrogens (tertiary/aromatic N) is 1. The van der Waals surface area contributed by atoms with Gasteiger partial charge in [-0.05, 0) is 50.2 Å². The summed E-state index contributed by atoms with van der Waals surface area (Å²) in [6.45, 7) is 5.65. The Hall–Kier alpha value is -1.79. The predicted octanol–water partition coefficient (Wildman–Crippen LogP) is 5.82. The van der Waals surface area contributed by atoms with Crippen molar-refractivity contribution in [1.29, 1.82) is 0 Å². The van der Waals surface area contributed by atoms with E-state index in [1.54, 1.807) is 30.3 Å². The zero-order valence-corrected chi connectivity index (χ0v) is 15.8. The van der Waals surface area contributed by atoms with Gasteiger partial charge in [0.15, 0.2) is 6.04 Å². The van der Waals surface area contributed by atoms with Gasteiger partial charge in [-0.2, -0.15) is 13.2 Å². The Kier molecular flexibility index (Phi) is 6.29. The topological polar surface area (TPSA) is 12.5 Å². The Bertz CT molecular complexity index is 641. The highest BCUT2D eigenvalue weighted by Crippen LogP contribution is 2.33. The van der Waals surface area contributed by atoms with Crippen molar-refractivity contribution in [2.24, 2.45) is 0 Å². The molecule has 136 valence electrons. The van der Waals surface area contributed by atoms with Crippen LogP contribution in [0.4, 0.5) is 18.9 Å². The van der Waals surface area contributed by atoms with Crippen LogP contribution in [-0.4, -0.2) is 20.5 Å². The van der Waals surface area contributed by atoms with E-state index in [2.05, 4.69) is 0 Å². The molecule has 0 aliphatic heterocycles. The van der Waals surface area contributed by atoms with E-state index >= 15 is 0 Å². The van der Waals surface area contributed by atoms with E-state index in [0.717, 1.165) is 10.6 Å². The molecule has 0 amide bonds. The standard InChI is InChI=1S/C19H24F3NOSi/c1-25(2,3)24-23(17-12-8-5-9-13-17)18(19(20,21)22)15-14-16-10-6-4-7-11-16/h4-13,18H,14-15H2,1-3H3. The van der Waals surface area contributed by atoms with E-state index in [0.29, 0.717) is 12.1 Å². The molecular weight excluding hydrogens is 343 g/mol. The molecule has 0 fully saturated rings. The number of para-hydroxylation sites is 1. The van der Waals surface area contributed by atoms with E-state index in [-0.39, 0.29) is 6.42 Å². The van der Waals surface area contributed by atoms with Crippen LogP contribution in [0.5, 0.6) is 0 Å². The average molecular weight is 367 g/mol. The molecule has 2 aromatic carbocycles. The Labute approximate surface area is 148 Å². The second kappa shape index (κ2) is 8.06. The van der Waals surface area contributed by atoms with Gasteiger partial charge in [-0.15, -0.1) is 0 Å². The van der Waals surface area contributed by atoms with Crippen molar-refractivity contribution in [3.63, 3.8) is 0 Å². The number of hydrogen-bond donors (Lipinski definition) is 0. The summed E-state index contributed by atoms with van der Waals surface area (Å²) in [5.41, 5.74) is 1.32. The summed E-state index contributed by atoms with van der Waals surface area (Å²) < 4.78 is 47.3. The van der Waals surface area contributed by atoms with E-state index in [9.17, 15) is 13.2 Å². The molecule has 0 saturated heterocycles. The Morgan fingerprint density at radius 3 is 1.92 bits per heavy atom. The minimum atomic E-state index is -4.38. The van der Waals surface area contributed by atoms with Crippen molar-refractivity contribution in [1.82, 2.24) is 0 Å². The molecule has 0 radical (unpaired) electrons. The molecule has 2 aromatic rings. The monoisotopic (exact) mass is 367 g/mol. The lowest BCUT2D eigenvalue weighted by atomic mass is 10.0. The summed E-state index contributed by atoms with van der Waals surface area (Å²) in [5.74, 6) is 0. The first-order valence-electron chi connectivity index (χ1n) is 8.31. The van der Waals surface area contributed by atoms with Crippen LogP contribution < -0.4 is 5.06 Å². The number of alkyl halides is 3. The van der Waals surface area contributed by atoms with Gasteiger partial charge in [0, 0.05) is 0 Å². The molecule has 0 saturated carbocycles. The SMILES string of the molecule is C[Si](C)(C)ON(c1ccccc1)C(CCc1ccccc1)C(F)(F)F. The molecule has 0 N–H and O–H groups in total. The minimum absolute atomic E-state index is 0.0626. The highest BCUT2D eigenvalue weighted by Gasteiger charge is 2.45. The second-order valence-corrected chi connectivity index (χ2v) is 11.4. The summed E-state index contributed by atoms with van der Waals surface area (Å²) in [7, 11) is -2.23. The summed E-state index contributed by atoms with van der Waals surface area (Å²) in [6, 6.07) is 16.1. The number of aryl methyl sites for hydroxylation is 1. The molecule has 0 bridgehead atoms. The van der Waals surface area contributed by atoms with Crippen molar-refractivity contribution >= 4 is 14.0 Å². The highest BCUT2D eigenvalue weighted by molar-refractivity contribution is 6.69. The number of rotatable bonds is 7. The maximum Gasteiger partial charge on any atom is 0.411 e. The second-order valence-electron chi connectivity index (χ2n) is 6.95. The largest absolute Gasteiger partial charge is 0.411 e. The first-order valence-corrected chi connectivity index (χ1v) is 11.7. The molecule has 0 aliphatic carbocycles. The quantitative estimate of drug-likeness (QED) is 0.451. The molecule has 1 unspecified atom stereocenters. The fourth-order valence-electron chi connectivity index (χ4n) is 2.53. The number of halogens is 3. The highest BCUT2D eigenvalue weighted by atomic mass is 28.4. The predicted molar refractivity (Wildman–Crippen MR) is 98.0 cm³/mol. The maximum atomic E-state index is 13.8. The third-order valence-electron chi connectivity index (χ3n) is 3.59. The Balaban J connectivity index is 2.29. The molecule has 6 heteroatoms. The Morgan fingerprint density at radius 2 is 1.44 bits per heavy atom. The third-order valence-corrected chi connectivity index (χ3v) is 4.34. The van der Waals surface area contributed by atoms with Crippen molar-refractivity contribution in [2.75, 3.05) is 5.06 Å². The van der Waals surface area contributed by atoms with Gasteiger partial charge in [-0.3, -0.25) is 5.06 Å². The minimum Gasteiger partial charge on any atom is -0.320 e. The van der Waals surface area contributed by atoms with Gasteiger partial charge in [0.1, 0.15) is 0 Å². The lowest BCUT2D eigenvalue weighted by Gasteiger charge is -2.38. The lowest BCUT2D eigenvalue weighted by molar-refractivity contribution is -0.161. The molecule has 0 spiro atoms. The number of hydrogen-bond acceptors (Lipinski definition) is 2. The van der Waals surface area contributed by atoms with Gasteiger partial charge in [-0.25, -0.2) is 0 Å². The van der Waals surface area contributed by atoms with Crippen molar-refractivity contribution < 1.29 is 17.7 Å². The van der Waals surface area contributed by atoms with Crippen LogP contribution in [0.3, 0.4) is 0 Å². The number of hydroxylamine groups is 1. The molecular formula is C19H24F3NOSi. The van der Waals surface area contributed by atoms with Gasteiger partial charge in [0.25, 0.3) is 0 Å². The van der Waals surface area contributed by atoms with Gasteiger partial charge in [0.2, 0.25) is 8.32 Å². The van der Waals surface area contributed by atoms with Crippen LogP contribution in [0.1, 0.15) is 12.0 Å². The molecule has 25 heavy (non-hydrogen) atoms. The first kappa shape index (κ1) is 19.5.